The first-order chi connectivity index (χ1) is 16.3. The van der Waals surface area contributed by atoms with Gasteiger partial charge in [-0.2, -0.15) is 0 Å². The molecule has 0 aliphatic carbocycles. The van der Waals surface area contributed by atoms with Crippen LogP contribution in [-0.2, 0) is 19.1 Å². The highest BCUT2D eigenvalue weighted by Crippen LogP contribution is 2.38. The smallest absolute Gasteiger partial charge is 0.325 e. The number of likely N-dealkylation sites (N-methyl/N-ethyl adjacent to an activating group) is 1. The number of β-lactam (4-membered cyclic amide) rings is 1. The van der Waals surface area contributed by atoms with Crippen LogP contribution in [0.5, 0.6) is 11.5 Å². The molecule has 0 spiro atoms. The number of ether oxygens (including phenoxy) is 3. The zero-order valence-electron chi connectivity index (χ0n) is 19.9. The van der Waals surface area contributed by atoms with Crippen LogP contribution in [0.4, 0.5) is 0 Å². The summed E-state index contributed by atoms with van der Waals surface area (Å²) in [4.78, 5) is 40.2. The van der Waals surface area contributed by atoms with Crippen molar-refractivity contribution in [1.82, 2.24) is 15.1 Å². The van der Waals surface area contributed by atoms with Crippen molar-refractivity contribution in [1.29, 1.82) is 0 Å². The van der Waals surface area contributed by atoms with Crippen LogP contribution in [0.3, 0.4) is 0 Å². The zero-order chi connectivity index (χ0) is 24.7. The van der Waals surface area contributed by atoms with Crippen molar-refractivity contribution in [3.05, 3.63) is 60.2 Å². The number of hydrogen-bond donors (Lipinski definition) is 1. The minimum atomic E-state index is -0.637. The average molecular weight is 470 g/mol. The Morgan fingerprint density at radius 3 is 2.35 bits per heavy atom. The molecule has 2 aromatic rings. The summed E-state index contributed by atoms with van der Waals surface area (Å²) in [5.41, 5.74) is 0.938. The third-order valence-electron chi connectivity index (χ3n) is 5.98. The number of carbonyl (C=O) groups is 3. The van der Waals surface area contributed by atoms with Gasteiger partial charge in [0, 0.05) is 13.1 Å². The van der Waals surface area contributed by atoms with Crippen molar-refractivity contribution >= 4 is 17.8 Å². The van der Waals surface area contributed by atoms with Crippen molar-refractivity contribution in [2.75, 3.05) is 40.9 Å². The fraction of sp³-hybridized carbons (Fsp3) is 0.400. The number of methoxy groups -OCH3 is 2. The Balaban J connectivity index is 1.66. The second-order valence-corrected chi connectivity index (χ2v) is 8.05. The van der Waals surface area contributed by atoms with E-state index >= 15 is 0 Å². The fourth-order valence-corrected chi connectivity index (χ4v) is 3.72. The number of likely N-dealkylation sites (tertiary alicyclic amines) is 1. The number of nitrogens with one attached hydrogen (secondary N) is 1. The normalized spacial score (nSPS) is 18.1. The summed E-state index contributed by atoms with van der Waals surface area (Å²) in [6.45, 7) is 2.43. The summed E-state index contributed by atoms with van der Waals surface area (Å²) in [6.07, 6.45) is -0.637. The first kappa shape index (κ1) is 25.0. The highest BCUT2D eigenvalue weighted by Gasteiger charge is 2.50. The molecule has 0 radical (unpaired) electrons. The topological polar surface area (TPSA) is 97.4 Å². The molecule has 34 heavy (non-hydrogen) atoms. The standard InChI is InChI=1S/C25H31N3O6/c1-17(24(30)26-16-21(29)33-4)27(2)14-15-28-22(18-10-12-19(32-3)13-11-18)23(25(28)31)34-20-8-6-5-7-9-20/h5-13,17,22-23H,14-16H2,1-4H3,(H,26,30)/t17?,22-,23+/m1/s1. The van der Waals surface area contributed by atoms with Crippen LogP contribution in [0.25, 0.3) is 0 Å². The predicted octanol–water partition coefficient (Wildman–Crippen LogP) is 1.64. The summed E-state index contributed by atoms with van der Waals surface area (Å²) in [5.74, 6) is 0.446. The van der Waals surface area contributed by atoms with Crippen molar-refractivity contribution in [3.8, 4) is 11.5 Å². The third-order valence-corrected chi connectivity index (χ3v) is 5.98. The zero-order valence-corrected chi connectivity index (χ0v) is 19.9. The van der Waals surface area contributed by atoms with E-state index in [2.05, 4.69) is 10.1 Å². The molecule has 0 saturated carbocycles. The number of benzene rings is 2. The summed E-state index contributed by atoms with van der Waals surface area (Å²) in [7, 11) is 4.67. The van der Waals surface area contributed by atoms with Gasteiger partial charge in [-0.05, 0) is 43.8 Å². The minimum Gasteiger partial charge on any atom is -0.497 e. The molecule has 1 heterocycles. The molecule has 3 rings (SSSR count). The van der Waals surface area contributed by atoms with Gasteiger partial charge in [0.15, 0.2) is 0 Å². The maximum Gasteiger partial charge on any atom is 0.325 e. The third kappa shape index (κ3) is 5.85. The maximum atomic E-state index is 13.0. The number of nitrogens with zero attached hydrogens (tertiary/aromatic N) is 2. The van der Waals surface area contributed by atoms with Crippen molar-refractivity contribution in [2.45, 2.75) is 25.1 Å². The Kier molecular flexibility index (Phi) is 8.48. The van der Waals surface area contributed by atoms with Crippen molar-refractivity contribution in [3.63, 3.8) is 0 Å². The van der Waals surface area contributed by atoms with Gasteiger partial charge in [0.25, 0.3) is 5.91 Å². The van der Waals surface area contributed by atoms with Crippen molar-refractivity contribution in [2.24, 2.45) is 0 Å². The van der Waals surface area contributed by atoms with Crippen LogP contribution >= 0.6 is 0 Å². The second kappa shape index (κ2) is 11.5. The number of esters is 1. The second-order valence-electron chi connectivity index (χ2n) is 8.05. The molecule has 0 aromatic heterocycles. The van der Waals surface area contributed by atoms with Crippen LogP contribution < -0.4 is 14.8 Å². The Hall–Kier alpha value is -3.59. The predicted molar refractivity (Wildman–Crippen MR) is 125 cm³/mol. The average Bonchev–Trinajstić information content (AvgIpc) is 2.88. The minimum absolute atomic E-state index is 0.110. The molecule has 9 heteroatoms. The molecule has 1 N–H and O–H groups in total. The Morgan fingerprint density at radius 2 is 1.74 bits per heavy atom. The molecule has 1 saturated heterocycles. The summed E-state index contributed by atoms with van der Waals surface area (Å²) in [5, 5.41) is 2.55. The summed E-state index contributed by atoms with van der Waals surface area (Å²) < 4.78 is 15.8. The van der Waals surface area contributed by atoms with E-state index in [1.807, 2.05) is 59.5 Å². The van der Waals surface area contributed by atoms with E-state index < -0.39 is 18.1 Å². The molecule has 2 aromatic carbocycles. The lowest BCUT2D eigenvalue weighted by atomic mass is 9.90. The van der Waals surface area contributed by atoms with Crippen LogP contribution in [0.15, 0.2) is 54.6 Å². The highest BCUT2D eigenvalue weighted by molar-refractivity contribution is 5.89. The molecule has 2 amide bonds. The lowest BCUT2D eigenvalue weighted by Gasteiger charge is -2.47. The van der Waals surface area contributed by atoms with E-state index in [1.165, 1.54) is 7.11 Å². The number of carbonyl (C=O) groups excluding carboxylic acids is 3. The first-order valence-corrected chi connectivity index (χ1v) is 11.1. The van der Waals surface area contributed by atoms with Gasteiger partial charge >= 0.3 is 5.97 Å². The lowest BCUT2D eigenvalue weighted by Crippen LogP contribution is -2.62. The van der Waals surface area contributed by atoms with Crippen LogP contribution in [-0.4, -0.2) is 80.6 Å². The van der Waals surface area contributed by atoms with Gasteiger partial charge in [0.2, 0.25) is 12.0 Å². The lowest BCUT2D eigenvalue weighted by molar-refractivity contribution is -0.164. The molecule has 9 nitrogen and oxygen atoms in total. The highest BCUT2D eigenvalue weighted by atomic mass is 16.5. The molecule has 1 aliphatic rings. The van der Waals surface area contributed by atoms with Gasteiger partial charge in [0.05, 0.1) is 20.3 Å². The Labute approximate surface area is 199 Å². The van der Waals surface area contributed by atoms with E-state index in [4.69, 9.17) is 9.47 Å². The van der Waals surface area contributed by atoms with Crippen LogP contribution in [0.1, 0.15) is 18.5 Å². The molecule has 1 fully saturated rings. The van der Waals surface area contributed by atoms with E-state index in [1.54, 1.807) is 26.0 Å². The Bertz CT molecular complexity index is 982. The van der Waals surface area contributed by atoms with Gasteiger partial charge in [-0.3, -0.25) is 19.3 Å². The fourth-order valence-electron chi connectivity index (χ4n) is 3.72. The van der Waals surface area contributed by atoms with Crippen LogP contribution in [0, 0.1) is 0 Å². The number of para-hydroxylation sites is 1. The van der Waals surface area contributed by atoms with E-state index in [0.717, 1.165) is 11.3 Å². The molecule has 1 unspecified atom stereocenters. The summed E-state index contributed by atoms with van der Waals surface area (Å²) >= 11 is 0. The maximum absolute atomic E-state index is 13.0. The van der Waals surface area contributed by atoms with E-state index in [0.29, 0.717) is 18.8 Å². The van der Waals surface area contributed by atoms with Crippen molar-refractivity contribution < 1.29 is 28.6 Å². The number of rotatable bonds is 11. The summed E-state index contributed by atoms with van der Waals surface area (Å²) in [6, 6.07) is 16.1. The molecule has 1 aliphatic heterocycles. The monoisotopic (exact) mass is 469 g/mol. The Morgan fingerprint density at radius 1 is 1.06 bits per heavy atom. The number of amides is 2. The van der Waals surface area contributed by atoms with Gasteiger partial charge in [0.1, 0.15) is 24.1 Å². The molecular formula is C25H31N3O6. The van der Waals surface area contributed by atoms with Gasteiger partial charge < -0.3 is 24.4 Å². The largest absolute Gasteiger partial charge is 0.497 e. The molecule has 3 atom stereocenters. The SMILES string of the molecule is COC(=O)CNC(=O)C(C)N(C)CCN1C(=O)[C@@H](Oc2ccccc2)[C@H]1c1ccc(OC)cc1. The van der Waals surface area contributed by atoms with Gasteiger partial charge in [-0.1, -0.05) is 30.3 Å². The molecular weight excluding hydrogens is 438 g/mol. The van der Waals surface area contributed by atoms with Gasteiger partial charge in [-0.15, -0.1) is 0 Å². The quantitative estimate of drug-likeness (QED) is 0.395. The number of hydrogen-bond acceptors (Lipinski definition) is 7. The van der Waals surface area contributed by atoms with E-state index in [9.17, 15) is 14.4 Å². The molecule has 182 valence electrons. The van der Waals surface area contributed by atoms with E-state index in [-0.39, 0.29) is 24.4 Å². The first-order valence-electron chi connectivity index (χ1n) is 11.1. The van der Waals surface area contributed by atoms with Crippen LogP contribution in [0.2, 0.25) is 0 Å². The molecule has 0 bridgehead atoms. The van der Waals surface area contributed by atoms with Gasteiger partial charge in [-0.25, -0.2) is 0 Å².